The van der Waals surface area contributed by atoms with Crippen molar-refractivity contribution in [3.8, 4) is 0 Å². The molecule has 3 heterocycles. The first-order valence-electron chi connectivity index (χ1n) is 9.82. The van der Waals surface area contributed by atoms with Gasteiger partial charge >= 0.3 is 0 Å². The molecule has 2 aromatic heterocycles. The predicted molar refractivity (Wildman–Crippen MR) is 100 cm³/mol. The Balaban J connectivity index is 1.44. The van der Waals surface area contributed by atoms with Crippen molar-refractivity contribution < 1.29 is 9.53 Å². The molecule has 4 rings (SSSR count). The zero-order valence-electron chi connectivity index (χ0n) is 15.8. The van der Waals surface area contributed by atoms with Gasteiger partial charge in [-0.15, -0.1) is 0 Å². The van der Waals surface area contributed by atoms with Crippen molar-refractivity contribution in [2.75, 3.05) is 13.2 Å². The molecule has 2 fully saturated rings. The number of rotatable bonds is 3. The van der Waals surface area contributed by atoms with Gasteiger partial charge in [-0.05, 0) is 63.9 Å². The van der Waals surface area contributed by atoms with Crippen molar-refractivity contribution in [3.05, 3.63) is 23.5 Å². The molecule has 6 nitrogen and oxygen atoms in total. The molecule has 1 spiro atoms. The number of aryl methyl sites for hydroxylation is 2. The van der Waals surface area contributed by atoms with Crippen molar-refractivity contribution in [3.63, 3.8) is 0 Å². The molecule has 0 radical (unpaired) electrons. The Kier molecular flexibility index (Phi) is 4.69. The number of fused-ring (bicyclic) bond motifs is 1. The highest BCUT2D eigenvalue weighted by atomic mass is 16.5. The lowest BCUT2D eigenvalue weighted by Crippen LogP contribution is -2.42. The van der Waals surface area contributed by atoms with Crippen LogP contribution in [-0.2, 0) is 11.3 Å². The van der Waals surface area contributed by atoms with Crippen LogP contribution in [0.15, 0.2) is 12.3 Å². The zero-order valence-corrected chi connectivity index (χ0v) is 15.8. The van der Waals surface area contributed by atoms with E-state index >= 15 is 0 Å². The van der Waals surface area contributed by atoms with Gasteiger partial charge in [0.25, 0.3) is 5.91 Å². The van der Waals surface area contributed by atoms with Crippen molar-refractivity contribution in [2.24, 2.45) is 5.41 Å². The van der Waals surface area contributed by atoms with E-state index in [0.717, 1.165) is 49.3 Å². The fourth-order valence-corrected chi connectivity index (χ4v) is 4.50. The number of ether oxygens (including phenoxy) is 1. The highest BCUT2D eigenvalue weighted by Crippen LogP contribution is 2.44. The lowest BCUT2D eigenvalue weighted by molar-refractivity contribution is -0.00901. The molecule has 0 aromatic carbocycles. The first-order chi connectivity index (χ1) is 12.6. The third-order valence-corrected chi connectivity index (χ3v) is 6.28. The number of amides is 1. The predicted octanol–water partition coefficient (Wildman–Crippen LogP) is 3.23. The van der Waals surface area contributed by atoms with E-state index in [4.69, 9.17) is 4.74 Å². The van der Waals surface area contributed by atoms with E-state index in [0.29, 0.717) is 11.0 Å². The van der Waals surface area contributed by atoms with Gasteiger partial charge < -0.3 is 10.1 Å². The summed E-state index contributed by atoms with van der Waals surface area (Å²) in [6.45, 7) is 6.51. The lowest BCUT2D eigenvalue weighted by Gasteiger charge is -2.42. The van der Waals surface area contributed by atoms with Crippen molar-refractivity contribution in [2.45, 2.75) is 65.0 Å². The van der Waals surface area contributed by atoms with Crippen LogP contribution in [0, 0.1) is 12.3 Å². The normalized spacial score (nSPS) is 20.5. The monoisotopic (exact) mass is 356 g/mol. The molecule has 1 saturated carbocycles. The summed E-state index contributed by atoms with van der Waals surface area (Å²) in [4.78, 5) is 17.4. The first kappa shape index (κ1) is 17.5. The topological polar surface area (TPSA) is 69.0 Å². The fourth-order valence-electron chi connectivity index (χ4n) is 4.50. The van der Waals surface area contributed by atoms with Gasteiger partial charge in [0, 0.05) is 31.2 Å². The molecule has 26 heavy (non-hydrogen) atoms. The van der Waals surface area contributed by atoms with Crippen LogP contribution >= 0.6 is 0 Å². The van der Waals surface area contributed by atoms with Crippen LogP contribution in [0.5, 0.6) is 0 Å². The lowest BCUT2D eigenvalue weighted by atomic mass is 9.68. The molecule has 1 amide bonds. The molecule has 6 heteroatoms. The molecule has 0 bridgehead atoms. The summed E-state index contributed by atoms with van der Waals surface area (Å²) in [6.07, 6.45) is 8.66. The van der Waals surface area contributed by atoms with Crippen molar-refractivity contribution >= 4 is 16.9 Å². The Bertz CT molecular complexity index is 797. The summed E-state index contributed by atoms with van der Waals surface area (Å²) in [5, 5.41) is 8.50. The third kappa shape index (κ3) is 3.22. The number of carbonyl (C=O) groups is 1. The van der Waals surface area contributed by atoms with Crippen LogP contribution in [-0.4, -0.2) is 39.9 Å². The van der Waals surface area contributed by atoms with E-state index in [2.05, 4.69) is 15.4 Å². The summed E-state index contributed by atoms with van der Waals surface area (Å²) in [6, 6.07) is 2.19. The van der Waals surface area contributed by atoms with Gasteiger partial charge in [0.1, 0.15) is 0 Å². The zero-order chi connectivity index (χ0) is 18.1. The Morgan fingerprint density at radius 2 is 2.04 bits per heavy atom. The van der Waals surface area contributed by atoms with Gasteiger partial charge in [0.2, 0.25) is 0 Å². The maximum Gasteiger partial charge on any atom is 0.253 e. The van der Waals surface area contributed by atoms with Gasteiger partial charge in [-0.2, -0.15) is 5.10 Å². The molecular weight excluding hydrogens is 328 g/mol. The molecule has 140 valence electrons. The number of carbonyl (C=O) groups excluding carboxylic acids is 1. The van der Waals surface area contributed by atoms with E-state index in [1.807, 2.05) is 24.6 Å². The van der Waals surface area contributed by atoms with Crippen molar-refractivity contribution in [1.29, 1.82) is 0 Å². The quantitative estimate of drug-likeness (QED) is 0.917. The van der Waals surface area contributed by atoms with E-state index in [9.17, 15) is 4.79 Å². The molecule has 0 atom stereocenters. The first-order valence-corrected chi connectivity index (χ1v) is 9.82. The molecule has 2 aromatic rings. The average Bonchev–Trinajstić information content (AvgIpc) is 3.05. The molecule has 0 unspecified atom stereocenters. The summed E-state index contributed by atoms with van der Waals surface area (Å²) >= 11 is 0. The Labute approximate surface area is 154 Å². The van der Waals surface area contributed by atoms with Crippen LogP contribution in [0.25, 0.3) is 11.0 Å². The van der Waals surface area contributed by atoms with E-state index in [1.165, 1.54) is 25.7 Å². The summed E-state index contributed by atoms with van der Waals surface area (Å²) in [7, 11) is 0. The van der Waals surface area contributed by atoms with Crippen LogP contribution in [0.4, 0.5) is 0 Å². The minimum atomic E-state index is -0.00549. The highest BCUT2D eigenvalue weighted by Gasteiger charge is 2.37. The molecule has 1 aliphatic carbocycles. The molecule has 2 aliphatic rings. The number of pyridine rings is 1. The van der Waals surface area contributed by atoms with E-state index in [1.54, 1.807) is 6.20 Å². The van der Waals surface area contributed by atoms with Crippen LogP contribution < -0.4 is 5.32 Å². The number of nitrogens with zero attached hydrogens (tertiary/aromatic N) is 3. The molecule has 1 saturated heterocycles. The largest absolute Gasteiger partial charge is 0.381 e. The summed E-state index contributed by atoms with van der Waals surface area (Å²) in [5.74, 6) is -0.00549. The summed E-state index contributed by atoms with van der Waals surface area (Å²) in [5.41, 5.74) is 2.74. The van der Waals surface area contributed by atoms with E-state index < -0.39 is 0 Å². The van der Waals surface area contributed by atoms with Crippen LogP contribution in [0.3, 0.4) is 0 Å². The number of nitrogens with one attached hydrogen (secondary N) is 1. The minimum Gasteiger partial charge on any atom is -0.381 e. The van der Waals surface area contributed by atoms with Gasteiger partial charge in [-0.1, -0.05) is 0 Å². The van der Waals surface area contributed by atoms with Crippen LogP contribution in [0.2, 0.25) is 0 Å². The SMILES string of the molecule is CCn1ncc2cc(C(=O)NC3CCC4(CCOCC4)CC3)c(C)nc21. The maximum absolute atomic E-state index is 12.8. The average molecular weight is 356 g/mol. The smallest absolute Gasteiger partial charge is 0.253 e. The standard InChI is InChI=1S/C20H28N4O2/c1-3-24-18-15(13-21-24)12-17(14(2)22-18)19(25)23-16-4-6-20(7-5-16)8-10-26-11-9-20/h12-13,16H,3-11H2,1-2H3,(H,23,25). The summed E-state index contributed by atoms with van der Waals surface area (Å²) < 4.78 is 7.38. The molecule has 1 aliphatic heterocycles. The van der Waals surface area contributed by atoms with E-state index in [-0.39, 0.29) is 11.9 Å². The fraction of sp³-hybridized carbons (Fsp3) is 0.650. The molecule has 1 N–H and O–H groups in total. The molecular formula is C20H28N4O2. The van der Waals surface area contributed by atoms with Gasteiger partial charge in [-0.25, -0.2) is 9.67 Å². The Morgan fingerprint density at radius 1 is 1.31 bits per heavy atom. The maximum atomic E-state index is 12.8. The second-order valence-electron chi connectivity index (χ2n) is 7.85. The number of hydrogen-bond donors (Lipinski definition) is 1. The minimum absolute atomic E-state index is 0.00549. The number of hydrogen-bond acceptors (Lipinski definition) is 4. The van der Waals surface area contributed by atoms with Gasteiger partial charge in [0.15, 0.2) is 5.65 Å². The second kappa shape index (κ2) is 6.99. The van der Waals surface area contributed by atoms with Crippen molar-refractivity contribution in [1.82, 2.24) is 20.1 Å². The number of aromatic nitrogens is 3. The Hall–Kier alpha value is -1.95. The third-order valence-electron chi connectivity index (χ3n) is 6.28. The second-order valence-corrected chi connectivity index (χ2v) is 7.85. The van der Waals surface area contributed by atoms with Gasteiger partial charge in [0.05, 0.1) is 17.5 Å². The van der Waals surface area contributed by atoms with Crippen LogP contribution in [0.1, 0.15) is 61.5 Å². The Morgan fingerprint density at radius 3 is 2.73 bits per heavy atom. The highest BCUT2D eigenvalue weighted by molar-refractivity contribution is 5.98. The van der Waals surface area contributed by atoms with Gasteiger partial charge in [-0.3, -0.25) is 4.79 Å².